The third-order valence-electron chi connectivity index (χ3n) is 8.62. The van der Waals surface area contributed by atoms with Crippen molar-refractivity contribution in [2.24, 2.45) is 0 Å². The summed E-state index contributed by atoms with van der Waals surface area (Å²) < 4.78 is 19.1. The highest BCUT2D eigenvalue weighted by molar-refractivity contribution is 6.78. The molecule has 1 saturated heterocycles. The lowest BCUT2D eigenvalue weighted by Gasteiger charge is -2.42. The Hall–Kier alpha value is -1.78. The van der Waals surface area contributed by atoms with Crippen LogP contribution in [0.2, 0.25) is 34.8 Å². The van der Waals surface area contributed by atoms with E-state index in [4.69, 9.17) is 19.3 Å². The van der Waals surface area contributed by atoms with Crippen LogP contribution >= 0.6 is 0 Å². The molecular weight excluding hydrogens is 497 g/mol. The zero-order chi connectivity index (χ0) is 28.5. The molecule has 210 valence electrons. The average Bonchev–Trinajstić information content (AvgIpc) is 3.14. The first-order valence-corrected chi connectivity index (χ1v) is 18.7. The first-order valence-electron chi connectivity index (χ1n) is 13.7. The predicted octanol–water partition coefficient (Wildman–Crippen LogP) is 7.62. The van der Waals surface area contributed by atoms with Crippen molar-refractivity contribution in [3.05, 3.63) is 29.8 Å². The number of nitrogens with two attached hydrogens (primary N) is 1. The van der Waals surface area contributed by atoms with E-state index in [9.17, 15) is 4.79 Å². The summed E-state index contributed by atoms with van der Waals surface area (Å²) in [7, 11) is -2.56. The molecule has 6 nitrogen and oxygen atoms in total. The molecule has 0 radical (unpaired) electrons. The Morgan fingerprint density at radius 1 is 1.08 bits per heavy atom. The number of hydrogen-bond acceptors (Lipinski definition) is 5. The van der Waals surface area contributed by atoms with Crippen molar-refractivity contribution in [2.75, 3.05) is 26.0 Å². The zero-order valence-corrected chi connectivity index (χ0v) is 27.5. The van der Waals surface area contributed by atoms with Crippen molar-refractivity contribution in [3.63, 3.8) is 0 Å². The molecular formula is C29H52N2O4Si2. The Balaban J connectivity index is 2.40. The van der Waals surface area contributed by atoms with Gasteiger partial charge in [0.1, 0.15) is 5.75 Å². The molecule has 0 bridgehead atoms. The van der Waals surface area contributed by atoms with Crippen molar-refractivity contribution in [3.8, 4) is 11.5 Å². The van der Waals surface area contributed by atoms with E-state index >= 15 is 0 Å². The topological polar surface area (TPSA) is 74.0 Å². The number of amides is 1. The van der Waals surface area contributed by atoms with Gasteiger partial charge in [0.25, 0.3) is 14.2 Å². The average molecular weight is 549 g/mol. The van der Waals surface area contributed by atoms with Crippen molar-refractivity contribution in [1.82, 2.24) is 4.90 Å². The minimum Gasteiger partial charge on any atom is -0.540 e. The van der Waals surface area contributed by atoms with Gasteiger partial charge in [-0.3, -0.25) is 4.79 Å². The van der Waals surface area contributed by atoms with E-state index in [2.05, 4.69) is 82.0 Å². The minimum absolute atomic E-state index is 0.0571. The maximum absolute atomic E-state index is 13.8. The first kappa shape index (κ1) is 31.4. The van der Waals surface area contributed by atoms with E-state index < -0.39 is 16.6 Å². The number of hydrogen-bond donors (Lipinski definition) is 1. The highest BCUT2D eigenvalue weighted by atomic mass is 28.4. The lowest BCUT2D eigenvalue weighted by Crippen LogP contribution is -2.50. The lowest BCUT2D eigenvalue weighted by atomic mass is 10.1. The fourth-order valence-electron chi connectivity index (χ4n) is 5.48. The summed E-state index contributed by atoms with van der Waals surface area (Å²) in [6.07, 6.45) is 0.740. The molecule has 2 N–H and O–H groups in total. The Bertz CT molecular complexity index is 961. The first-order chi connectivity index (χ1) is 16.9. The molecule has 1 aromatic rings. The fourth-order valence-corrected chi connectivity index (χ4v) is 11.8. The van der Waals surface area contributed by atoms with Gasteiger partial charge in [-0.1, -0.05) is 74.5 Å². The minimum atomic E-state index is -2.23. The SMILES string of the molecule is C=C1C[C@@H](CO[Si](C)(C)C(C)(C)C)N(C(=O)c2cc(OC)c(O[Si](C(C)C)(C(C)C)C(C)C)cc2N)C1. The molecule has 1 amide bonds. The van der Waals surface area contributed by atoms with Crippen LogP contribution in [0.4, 0.5) is 5.69 Å². The maximum Gasteiger partial charge on any atom is 0.258 e. The predicted molar refractivity (Wildman–Crippen MR) is 161 cm³/mol. The van der Waals surface area contributed by atoms with E-state index in [1.807, 2.05) is 4.90 Å². The third-order valence-corrected chi connectivity index (χ3v) is 19.1. The number of rotatable bonds is 10. The summed E-state index contributed by atoms with van der Waals surface area (Å²) in [5, 5.41) is 0.103. The Morgan fingerprint density at radius 2 is 1.62 bits per heavy atom. The van der Waals surface area contributed by atoms with Gasteiger partial charge in [-0.15, -0.1) is 0 Å². The zero-order valence-electron chi connectivity index (χ0n) is 25.5. The standard InChI is InChI=1S/C29H52N2O4Si2/c1-19(2)37(20(3)4,21(5)6)35-27-16-25(30)24(15-26(27)33-11)28(32)31-17-22(7)14-23(31)18-34-36(12,13)29(8,9)10/h15-16,19-21,23H,7,14,17-18,30H2,1-6,8-13H3/t23-/m0/s1. The summed E-state index contributed by atoms with van der Waals surface area (Å²) >= 11 is 0. The van der Waals surface area contributed by atoms with E-state index in [0.717, 1.165) is 12.0 Å². The Morgan fingerprint density at radius 3 is 2.08 bits per heavy atom. The number of carbonyl (C=O) groups is 1. The van der Waals surface area contributed by atoms with Crippen LogP contribution in [0.5, 0.6) is 11.5 Å². The van der Waals surface area contributed by atoms with E-state index in [1.54, 1.807) is 19.2 Å². The van der Waals surface area contributed by atoms with Crippen molar-refractivity contribution >= 4 is 28.2 Å². The summed E-state index contributed by atoms with van der Waals surface area (Å²) in [6.45, 7) is 29.8. The van der Waals surface area contributed by atoms with Gasteiger partial charge in [0, 0.05) is 18.3 Å². The molecule has 0 spiro atoms. The number of anilines is 1. The van der Waals surface area contributed by atoms with Gasteiger partial charge in [-0.25, -0.2) is 0 Å². The molecule has 1 aromatic carbocycles. The van der Waals surface area contributed by atoms with Gasteiger partial charge < -0.3 is 24.2 Å². The fraction of sp³-hybridized carbons (Fsp3) is 0.690. The molecule has 1 atom stereocenters. The Labute approximate surface area is 228 Å². The molecule has 1 heterocycles. The molecule has 0 aromatic heterocycles. The van der Waals surface area contributed by atoms with Crippen molar-refractivity contribution < 1.29 is 18.4 Å². The molecule has 8 heteroatoms. The molecule has 0 aliphatic carbocycles. The van der Waals surface area contributed by atoms with Crippen LogP contribution in [-0.4, -0.2) is 53.7 Å². The van der Waals surface area contributed by atoms with E-state index in [0.29, 0.717) is 52.5 Å². The molecule has 0 unspecified atom stereocenters. The quantitative estimate of drug-likeness (QED) is 0.185. The van der Waals surface area contributed by atoms with Gasteiger partial charge in [0.05, 0.1) is 25.3 Å². The van der Waals surface area contributed by atoms with Crippen LogP contribution in [0, 0.1) is 0 Å². The molecule has 1 fully saturated rings. The molecule has 1 aliphatic rings. The number of ether oxygens (including phenoxy) is 1. The summed E-state index contributed by atoms with van der Waals surface area (Å²) in [5.41, 5.74) is 9.60. The lowest BCUT2D eigenvalue weighted by molar-refractivity contribution is 0.0686. The van der Waals surface area contributed by atoms with Gasteiger partial charge >= 0.3 is 0 Å². The van der Waals surface area contributed by atoms with Crippen LogP contribution in [0.1, 0.15) is 79.1 Å². The second-order valence-corrected chi connectivity index (χ2v) is 23.3. The number of nitrogen functional groups attached to an aromatic ring is 1. The normalized spacial score (nSPS) is 17.3. The number of carbonyl (C=O) groups excluding carboxylic acids is 1. The molecule has 0 saturated carbocycles. The molecule has 1 aliphatic heterocycles. The summed E-state index contributed by atoms with van der Waals surface area (Å²) in [5.74, 6) is 1.05. The monoisotopic (exact) mass is 548 g/mol. The number of methoxy groups -OCH3 is 1. The van der Waals surface area contributed by atoms with Crippen molar-refractivity contribution in [1.29, 1.82) is 0 Å². The number of nitrogens with zero attached hydrogens (tertiary/aromatic N) is 1. The van der Waals surface area contributed by atoms with Gasteiger partial charge in [-0.2, -0.15) is 0 Å². The third kappa shape index (κ3) is 6.45. The Kier molecular flexibility index (Phi) is 9.80. The van der Waals surface area contributed by atoms with Gasteiger partial charge in [-0.05, 0) is 47.2 Å². The number of likely N-dealkylation sites (tertiary alicyclic amines) is 1. The van der Waals surface area contributed by atoms with E-state index in [1.165, 1.54) is 0 Å². The molecule has 2 rings (SSSR count). The molecule has 37 heavy (non-hydrogen) atoms. The summed E-state index contributed by atoms with van der Waals surface area (Å²) in [4.78, 5) is 15.7. The summed E-state index contributed by atoms with van der Waals surface area (Å²) in [6, 6.07) is 3.48. The van der Waals surface area contributed by atoms with Crippen molar-refractivity contribution in [2.45, 2.75) is 110 Å². The highest BCUT2D eigenvalue weighted by Gasteiger charge is 2.47. The smallest absolute Gasteiger partial charge is 0.258 e. The highest BCUT2D eigenvalue weighted by Crippen LogP contribution is 2.46. The van der Waals surface area contributed by atoms with Crippen LogP contribution in [0.3, 0.4) is 0 Å². The van der Waals surface area contributed by atoms with Gasteiger partial charge in [0.2, 0.25) is 0 Å². The van der Waals surface area contributed by atoms with Gasteiger partial charge in [0.15, 0.2) is 14.1 Å². The largest absolute Gasteiger partial charge is 0.540 e. The second-order valence-electron chi connectivity index (χ2n) is 13.1. The number of benzene rings is 1. The second kappa shape index (κ2) is 11.5. The van der Waals surface area contributed by atoms with Crippen LogP contribution in [0.15, 0.2) is 24.3 Å². The van der Waals surface area contributed by atoms with E-state index in [-0.39, 0.29) is 17.0 Å². The van der Waals surface area contributed by atoms with Crippen LogP contribution in [-0.2, 0) is 4.43 Å². The van der Waals surface area contributed by atoms with Crippen LogP contribution < -0.4 is 14.9 Å². The van der Waals surface area contributed by atoms with Crippen LogP contribution in [0.25, 0.3) is 0 Å². The maximum atomic E-state index is 13.8.